The summed E-state index contributed by atoms with van der Waals surface area (Å²) in [5.41, 5.74) is 3.47. The Kier molecular flexibility index (Phi) is 7.08. The molecule has 0 amide bonds. The molecular formula is C22H26ClNO4. The van der Waals surface area contributed by atoms with Crippen LogP contribution in [-0.2, 0) is 15.9 Å². The van der Waals surface area contributed by atoms with Crippen LogP contribution in [0.5, 0.6) is 0 Å². The molecule has 0 saturated heterocycles. The zero-order valence-electron chi connectivity index (χ0n) is 16.2. The van der Waals surface area contributed by atoms with E-state index in [0.717, 1.165) is 24.0 Å². The molecule has 0 saturated carbocycles. The molecule has 5 nitrogen and oxygen atoms in total. The fourth-order valence-electron chi connectivity index (χ4n) is 3.70. The number of hydrogen-bond donors (Lipinski definition) is 2. The minimum atomic E-state index is -0.663. The smallest absolute Gasteiger partial charge is 0.338 e. The number of fused-ring (bicyclic) bond motifs is 1. The second-order valence-electron chi connectivity index (χ2n) is 6.91. The third-order valence-corrected chi connectivity index (χ3v) is 5.35. The van der Waals surface area contributed by atoms with Crippen LogP contribution in [0.15, 0.2) is 42.5 Å². The number of esters is 1. The number of carbonyl (C=O) groups excluding carboxylic acids is 1. The van der Waals surface area contributed by atoms with Crippen molar-refractivity contribution < 1.29 is 19.4 Å². The summed E-state index contributed by atoms with van der Waals surface area (Å²) in [6.45, 7) is 2.52. The van der Waals surface area contributed by atoms with Gasteiger partial charge in [0.2, 0.25) is 0 Å². The lowest BCUT2D eigenvalue weighted by atomic mass is 9.84. The number of methoxy groups -OCH3 is 1. The molecule has 2 aromatic carbocycles. The zero-order valence-corrected chi connectivity index (χ0v) is 16.9. The van der Waals surface area contributed by atoms with Crippen LogP contribution in [0.25, 0.3) is 0 Å². The lowest BCUT2D eigenvalue weighted by Crippen LogP contribution is -2.41. The Morgan fingerprint density at radius 2 is 2.14 bits per heavy atom. The van der Waals surface area contributed by atoms with Gasteiger partial charge in [0.25, 0.3) is 0 Å². The maximum atomic E-state index is 12.1. The van der Waals surface area contributed by atoms with Crippen molar-refractivity contribution in [1.29, 1.82) is 0 Å². The van der Waals surface area contributed by atoms with Gasteiger partial charge in [-0.1, -0.05) is 29.8 Å². The van der Waals surface area contributed by atoms with E-state index in [4.69, 9.17) is 21.1 Å². The maximum absolute atomic E-state index is 12.1. The first kappa shape index (κ1) is 20.8. The lowest BCUT2D eigenvalue weighted by Gasteiger charge is -2.34. The molecule has 1 aliphatic carbocycles. The first-order valence-corrected chi connectivity index (χ1v) is 9.91. The van der Waals surface area contributed by atoms with Gasteiger partial charge in [-0.15, -0.1) is 0 Å². The van der Waals surface area contributed by atoms with Crippen LogP contribution in [0.4, 0.5) is 0 Å². The predicted molar refractivity (Wildman–Crippen MR) is 109 cm³/mol. The number of nitrogens with one attached hydrogen (secondary N) is 1. The Bertz CT molecular complexity index is 826. The summed E-state index contributed by atoms with van der Waals surface area (Å²) in [4.78, 5) is 12.1. The number of halogens is 1. The van der Waals surface area contributed by atoms with Gasteiger partial charge in [0.1, 0.15) is 0 Å². The molecule has 0 radical (unpaired) electrons. The van der Waals surface area contributed by atoms with Gasteiger partial charge >= 0.3 is 5.97 Å². The third kappa shape index (κ3) is 4.73. The fourth-order valence-corrected chi connectivity index (χ4v) is 3.90. The van der Waals surface area contributed by atoms with Crippen molar-refractivity contribution in [3.05, 3.63) is 69.7 Å². The topological polar surface area (TPSA) is 67.8 Å². The normalized spacial score (nSPS) is 19.7. The minimum absolute atomic E-state index is 0.0313. The largest absolute Gasteiger partial charge is 0.462 e. The summed E-state index contributed by atoms with van der Waals surface area (Å²) in [6.07, 6.45) is 0.892. The van der Waals surface area contributed by atoms with E-state index < -0.39 is 6.10 Å². The highest BCUT2D eigenvalue weighted by atomic mass is 35.5. The van der Waals surface area contributed by atoms with Crippen molar-refractivity contribution in [3.8, 4) is 0 Å². The quantitative estimate of drug-likeness (QED) is 0.687. The summed E-state index contributed by atoms with van der Waals surface area (Å²) >= 11 is 6.01. The van der Waals surface area contributed by atoms with Crippen molar-refractivity contribution in [1.82, 2.24) is 5.32 Å². The maximum Gasteiger partial charge on any atom is 0.338 e. The van der Waals surface area contributed by atoms with Crippen LogP contribution in [0.1, 0.15) is 52.6 Å². The van der Waals surface area contributed by atoms with Gasteiger partial charge < -0.3 is 19.9 Å². The van der Waals surface area contributed by atoms with Gasteiger partial charge in [-0.3, -0.25) is 0 Å². The third-order valence-electron chi connectivity index (χ3n) is 5.11. The molecule has 3 atom stereocenters. The Hall–Kier alpha value is -1.92. The molecule has 2 aromatic rings. The molecule has 0 spiro atoms. The number of carbonyl (C=O) groups is 1. The minimum Gasteiger partial charge on any atom is -0.462 e. The zero-order chi connectivity index (χ0) is 20.1. The van der Waals surface area contributed by atoms with Gasteiger partial charge in [0.15, 0.2) is 0 Å². The Morgan fingerprint density at radius 3 is 2.86 bits per heavy atom. The van der Waals surface area contributed by atoms with Crippen LogP contribution < -0.4 is 5.32 Å². The first-order valence-electron chi connectivity index (χ1n) is 9.53. The summed E-state index contributed by atoms with van der Waals surface area (Å²) in [7, 11) is 1.67. The van der Waals surface area contributed by atoms with E-state index in [1.54, 1.807) is 32.2 Å². The summed E-state index contributed by atoms with van der Waals surface area (Å²) in [5.74, 6) is -0.327. The van der Waals surface area contributed by atoms with Crippen molar-refractivity contribution in [2.75, 3.05) is 20.3 Å². The van der Waals surface area contributed by atoms with E-state index in [-0.39, 0.29) is 18.1 Å². The number of aryl methyl sites for hydroxylation is 1. The summed E-state index contributed by atoms with van der Waals surface area (Å²) in [5, 5.41) is 14.5. The van der Waals surface area contributed by atoms with Gasteiger partial charge in [-0.2, -0.15) is 0 Å². The molecule has 0 heterocycles. The Labute approximate surface area is 170 Å². The number of aliphatic hydroxyl groups is 1. The standard InChI is InChI=1S/C22H26ClNO4/c1-3-28-22(26)16-8-7-14-9-10-19(21(27-2)18(14)12-16)24-13-20(25)15-5-4-6-17(23)11-15/h4-8,11-12,19-21,24-25H,3,9-10,13H2,1-2H3/t19-,20-,21?/m0/s1. The van der Waals surface area contributed by atoms with E-state index in [1.165, 1.54) is 5.56 Å². The predicted octanol–water partition coefficient (Wildman–Crippen LogP) is 3.84. The molecule has 0 fully saturated rings. The van der Waals surface area contributed by atoms with Crippen LogP contribution in [0.3, 0.4) is 0 Å². The molecule has 0 aliphatic heterocycles. The first-order chi connectivity index (χ1) is 13.5. The SMILES string of the molecule is CCOC(=O)c1ccc2c(c1)C(OC)[C@@H](NC[C@H](O)c1cccc(Cl)c1)CC2. The molecule has 1 aliphatic rings. The number of rotatable bonds is 7. The second-order valence-corrected chi connectivity index (χ2v) is 7.35. The molecule has 0 aromatic heterocycles. The second kappa shape index (κ2) is 9.52. The van der Waals surface area contributed by atoms with E-state index in [1.807, 2.05) is 24.3 Å². The molecule has 2 N–H and O–H groups in total. The molecule has 0 bridgehead atoms. The van der Waals surface area contributed by atoms with Crippen LogP contribution >= 0.6 is 11.6 Å². The monoisotopic (exact) mass is 403 g/mol. The average molecular weight is 404 g/mol. The lowest BCUT2D eigenvalue weighted by molar-refractivity contribution is 0.0501. The highest BCUT2D eigenvalue weighted by Crippen LogP contribution is 2.33. The van der Waals surface area contributed by atoms with E-state index >= 15 is 0 Å². The number of hydrogen-bond acceptors (Lipinski definition) is 5. The summed E-state index contributed by atoms with van der Waals surface area (Å²) in [6, 6.07) is 12.9. The van der Waals surface area contributed by atoms with E-state index in [2.05, 4.69) is 5.32 Å². The molecule has 150 valence electrons. The summed E-state index contributed by atoms with van der Waals surface area (Å²) < 4.78 is 10.9. The molecule has 28 heavy (non-hydrogen) atoms. The van der Waals surface area contributed by atoms with Crippen molar-refractivity contribution in [2.24, 2.45) is 0 Å². The fraction of sp³-hybridized carbons (Fsp3) is 0.409. The number of ether oxygens (including phenoxy) is 2. The van der Waals surface area contributed by atoms with Gasteiger partial charge in [0, 0.05) is 24.7 Å². The highest BCUT2D eigenvalue weighted by Gasteiger charge is 2.30. The van der Waals surface area contributed by atoms with Crippen LogP contribution in [0, 0.1) is 0 Å². The van der Waals surface area contributed by atoms with E-state index in [9.17, 15) is 9.90 Å². The van der Waals surface area contributed by atoms with Crippen LogP contribution in [0.2, 0.25) is 5.02 Å². The Balaban J connectivity index is 1.72. The molecule has 1 unspecified atom stereocenters. The number of benzene rings is 2. The van der Waals surface area contributed by atoms with Gasteiger partial charge in [0.05, 0.1) is 24.4 Å². The van der Waals surface area contributed by atoms with Gasteiger partial charge in [-0.05, 0) is 60.7 Å². The van der Waals surface area contributed by atoms with Gasteiger partial charge in [-0.25, -0.2) is 4.79 Å². The molecule has 3 rings (SSSR count). The molecule has 6 heteroatoms. The highest BCUT2D eigenvalue weighted by molar-refractivity contribution is 6.30. The van der Waals surface area contributed by atoms with Crippen molar-refractivity contribution in [2.45, 2.75) is 38.0 Å². The van der Waals surface area contributed by atoms with E-state index in [0.29, 0.717) is 23.7 Å². The molecular weight excluding hydrogens is 378 g/mol. The van der Waals surface area contributed by atoms with Crippen molar-refractivity contribution >= 4 is 17.6 Å². The van der Waals surface area contributed by atoms with Crippen molar-refractivity contribution in [3.63, 3.8) is 0 Å². The number of aliphatic hydroxyl groups excluding tert-OH is 1. The Morgan fingerprint density at radius 1 is 1.32 bits per heavy atom. The van der Waals surface area contributed by atoms with Crippen LogP contribution in [-0.4, -0.2) is 37.4 Å². The average Bonchev–Trinajstić information content (AvgIpc) is 2.71.